The van der Waals surface area contributed by atoms with Crippen LogP contribution in [0, 0.1) is 0 Å². The van der Waals surface area contributed by atoms with Gasteiger partial charge in [0.15, 0.2) is 9.84 Å². The monoisotopic (exact) mass is 549 g/mol. The van der Waals surface area contributed by atoms with E-state index in [1.165, 1.54) is 24.3 Å². The normalized spacial score (nSPS) is 12.6. The second-order valence-electron chi connectivity index (χ2n) is 6.95. The molecule has 0 aliphatic carbocycles. The molecule has 0 aliphatic rings. The molecule has 34 heavy (non-hydrogen) atoms. The van der Waals surface area contributed by atoms with E-state index in [9.17, 15) is 44.3 Å². The van der Waals surface area contributed by atoms with Gasteiger partial charge in [0.2, 0.25) is 0 Å². The minimum atomic E-state index is -4.83. The molecular formula is C19H16ClNO10S3. The van der Waals surface area contributed by atoms with Crippen molar-refractivity contribution in [3.05, 3.63) is 54.1 Å². The third-order valence-corrected chi connectivity index (χ3v) is 8.45. The summed E-state index contributed by atoms with van der Waals surface area (Å²) in [5.74, 6) is -1.98. The Kier molecular flexibility index (Phi) is 6.94. The highest BCUT2D eigenvalue weighted by molar-refractivity contribution is 7.91. The Morgan fingerprint density at radius 1 is 0.824 bits per heavy atom. The molecule has 0 radical (unpaired) electrons. The van der Waals surface area contributed by atoms with Crippen LogP contribution in [0.4, 0.5) is 5.69 Å². The fraction of sp³-hybridized carbons (Fsp3) is 0.105. The Balaban J connectivity index is 2.11. The lowest BCUT2D eigenvalue weighted by molar-refractivity contribution is 0.102. The maximum atomic E-state index is 12.7. The minimum Gasteiger partial charge on any atom is -0.507 e. The van der Waals surface area contributed by atoms with Crippen LogP contribution in [-0.2, 0) is 30.1 Å². The molecular weight excluding hydrogens is 534 g/mol. The molecule has 0 saturated carbocycles. The van der Waals surface area contributed by atoms with Crippen LogP contribution in [0.25, 0.3) is 10.8 Å². The number of halogens is 1. The molecule has 0 unspecified atom stereocenters. The standard InChI is InChI=1S/C19H16ClNO10S3/c20-5-6-32(24,25)13-3-1-11(2-4-13)19(23)21-16-9-14(33(26,27)28)7-12-8-15(34(29,30)31)10-17(22)18(12)16/h1-4,7-10,22H,5-6H2,(H,21,23)(H,26,27,28)(H,29,30,31). The molecule has 1 amide bonds. The number of hydrogen-bond donors (Lipinski definition) is 4. The number of phenolic OH excluding ortho intramolecular Hbond substituents is 1. The maximum absolute atomic E-state index is 12.7. The van der Waals surface area contributed by atoms with Crippen LogP contribution in [0.1, 0.15) is 10.4 Å². The van der Waals surface area contributed by atoms with Crippen molar-refractivity contribution in [1.29, 1.82) is 0 Å². The molecule has 0 aliphatic heterocycles. The summed E-state index contributed by atoms with van der Waals surface area (Å²) in [7, 11) is -13.3. The summed E-state index contributed by atoms with van der Waals surface area (Å²) in [6.07, 6.45) is 0. The lowest BCUT2D eigenvalue weighted by Gasteiger charge is -2.13. The van der Waals surface area contributed by atoms with Gasteiger partial charge in [0.25, 0.3) is 26.1 Å². The largest absolute Gasteiger partial charge is 0.507 e. The van der Waals surface area contributed by atoms with E-state index in [-0.39, 0.29) is 38.6 Å². The summed E-state index contributed by atoms with van der Waals surface area (Å²) >= 11 is 5.48. The van der Waals surface area contributed by atoms with Crippen LogP contribution in [0.3, 0.4) is 0 Å². The van der Waals surface area contributed by atoms with E-state index < -0.39 is 51.5 Å². The summed E-state index contributed by atoms with van der Waals surface area (Å²) < 4.78 is 89.1. The molecule has 3 rings (SSSR count). The van der Waals surface area contributed by atoms with Gasteiger partial charge >= 0.3 is 0 Å². The third-order valence-electron chi connectivity index (χ3n) is 4.64. The van der Waals surface area contributed by atoms with E-state index in [2.05, 4.69) is 5.32 Å². The number of phenols is 1. The Morgan fingerprint density at radius 3 is 1.85 bits per heavy atom. The Bertz CT molecular complexity index is 1610. The number of sulfone groups is 1. The van der Waals surface area contributed by atoms with E-state index in [4.69, 9.17) is 11.6 Å². The first-order valence-corrected chi connectivity index (χ1v) is 14.2. The predicted octanol–water partition coefficient (Wildman–Crippen LogP) is 2.30. The zero-order chi connectivity index (χ0) is 25.5. The van der Waals surface area contributed by atoms with Gasteiger partial charge in [0, 0.05) is 22.9 Å². The number of amides is 1. The lowest BCUT2D eigenvalue weighted by atomic mass is 10.1. The van der Waals surface area contributed by atoms with Crippen molar-refractivity contribution in [2.24, 2.45) is 0 Å². The number of aromatic hydroxyl groups is 1. The molecule has 4 N–H and O–H groups in total. The number of benzene rings is 3. The van der Waals surface area contributed by atoms with Gasteiger partial charge in [-0.2, -0.15) is 16.8 Å². The van der Waals surface area contributed by atoms with Crippen LogP contribution in [0.2, 0.25) is 0 Å². The highest BCUT2D eigenvalue weighted by Crippen LogP contribution is 2.37. The summed E-state index contributed by atoms with van der Waals surface area (Å²) in [6.45, 7) is 0. The SMILES string of the molecule is O=C(Nc1cc(S(=O)(=O)O)cc2cc(S(=O)(=O)O)cc(O)c12)c1ccc(S(=O)(=O)CCCl)cc1. The van der Waals surface area contributed by atoms with Crippen LogP contribution < -0.4 is 5.32 Å². The summed E-state index contributed by atoms with van der Waals surface area (Å²) in [6, 6.07) is 7.96. The van der Waals surface area contributed by atoms with Gasteiger partial charge in [-0.05, 0) is 47.9 Å². The number of carbonyl (C=O) groups is 1. The molecule has 0 aromatic heterocycles. The average Bonchev–Trinajstić information content (AvgIpc) is 2.72. The topological polar surface area (TPSA) is 192 Å². The second kappa shape index (κ2) is 9.13. The van der Waals surface area contributed by atoms with Crippen LogP contribution >= 0.6 is 11.6 Å². The number of carbonyl (C=O) groups excluding carboxylic acids is 1. The first-order chi connectivity index (χ1) is 15.6. The van der Waals surface area contributed by atoms with Crippen molar-refractivity contribution >= 4 is 64.0 Å². The molecule has 0 fully saturated rings. The van der Waals surface area contributed by atoms with E-state index in [0.717, 1.165) is 18.2 Å². The number of anilines is 1. The number of nitrogens with one attached hydrogen (secondary N) is 1. The number of hydrogen-bond acceptors (Lipinski definition) is 8. The molecule has 3 aromatic rings. The number of alkyl halides is 1. The smallest absolute Gasteiger partial charge is 0.294 e. The zero-order valence-corrected chi connectivity index (χ0v) is 20.0. The van der Waals surface area contributed by atoms with Gasteiger partial charge < -0.3 is 10.4 Å². The lowest BCUT2D eigenvalue weighted by Crippen LogP contribution is -2.14. The predicted molar refractivity (Wildman–Crippen MR) is 122 cm³/mol. The van der Waals surface area contributed by atoms with Gasteiger partial charge in [-0.25, -0.2) is 8.42 Å². The molecule has 182 valence electrons. The van der Waals surface area contributed by atoms with Gasteiger partial charge in [0.1, 0.15) is 5.75 Å². The van der Waals surface area contributed by atoms with Crippen molar-refractivity contribution in [2.45, 2.75) is 14.7 Å². The molecule has 0 heterocycles. The number of fused-ring (bicyclic) bond motifs is 1. The van der Waals surface area contributed by atoms with E-state index in [1.54, 1.807) is 0 Å². The van der Waals surface area contributed by atoms with Gasteiger partial charge in [-0.15, -0.1) is 11.6 Å². The van der Waals surface area contributed by atoms with Crippen molar-refractivity contribution in [2.75, 3.05) is 16.9 Å². The molecule has 11 nitrogen and oxygen atoms in total. The summed E-state index contributed by atoms with van der Waals surface area (Å²) in [5, 5.41) is 12.3. The number of rotatable bonds is 7. The van der Waals surface area contributed by atoms with E-state index in [1.807, 2.05) is 0 Å². The summed E-state index contributed by atoms with van der Waals surface area (Å²) in [5.41, 5.74) is -0.349. The molecule has 3 aromatic carbocycles. The molecule has 0 saturated heterocycles. The summed E-state index contributed by atoms with van der Waals surface area (Å²) in [4.78, 5) is 11.2. The zero-order valence-electron chi connectivity index (χ0n) is 16.8. The van der Waals surface area contributed by atoms with E-state index in [0.29, 0.717) is 6.07 Å². The quantitative estimate of drug-likeness (QED) is 0.251. The highest BCUT2D eigenvalue weighted by Gasteiger charge is 2.21. The Hall–Kier alpha value is -2.75. The van der Waals surface area contributed by atoms with Crippen molar-refractivity contribution in [1.82, 2.24) is 0 Å². The fourth-order valence-electron chi connectivity index (χ4n) is 3.06. The van der Waals surface area contributed by atoms with Crippen molar-refractivity contribution < 1.29 is 44.3 Å². The molecule has 0 bridgehead atoms. The first kappa shape index (κ1) is 25.9. The fourth-order valence-corrected chi connectivity index (χ4v) is 5.74. The van der Waals surface area contributed by atoms with Crippen LogP contribution in [-0.4, -0.2) is 57.0 Å². The van der Waals surface area contributed by atoms with Gasteiger partial charge in [-0.1, -0.05) is 0 Å². The Morgan fingerprint density at radius 2 is 1.35 bits per heavy atom. The highest BCUT2D eigenvalue weighted by atomic mass is 35.5. The van der Waals surface area contributed by atoms with Crippen molar-refractivity contribution in [3.8, 4) is 5.75 Å². The minimum absolute atomic E-state index is 0.0377. The van der Waals surface area contributed by atoms with Gasteiger partial charge in [0.05, 0.1) is 26.1 Å². The van der Waals surface area contributed by atoms with Crippen LogP contribution in [0.15, 0.2) is 63.2 Å². The molecule has 0 atom stereocenters. The second-order valence-corrected chi connectivity index (χ2v) is 12.3. The third kappa shape index (κ3) is 5.48. The Labute approximate surface area is 199 Å². The van der Waals surface area contributed by atoms with Gasteiger partial charge in [-0.3, -0.25) is 13.9 Å². The van der Waals surface area contributed by atoms with Crippen LogP contribution in [0.5, 0.6) is 5.75 Å². The average molecular weight is 550 g/mol. The van der Waals surface area contributed by atoms with E-state index >= 15 is 0 Å². The van der Waals surface area contributed by atoms with Crippen molar-refractivity contribution in [3.63, 3.8) is 0 Å². The molecule has 0 spiro atoms. The molecule has 15 heteroatoms. The maximum Gasteiger partial charge on any atom is 0.294 e. The first-order valence-electron chi connectivity index (χ1n) is 9.09.